The van der Waals surface area contributed by atoms with E-state index in [4.69, 9.17) is 11.6 Å². The molecule has 1 aliphatic heterocycles. The molecule has 2 heterocycles. The summed E-state index contributed by atoms with van der Waals surface area (Å²) in [6.07, 6.45) is 1.42. The Hall–Kier alpha value is -1.72. The molecule has 102 valence electrons. The molecular weight excluding hydrogens is 296 g/mol. The second-order valence-electron chi connectivity index (χ2n) is 4.41. The van der Waals surface area contributed by atoms with Crippen LogP contribution in [0.4, 0.5) is 11.5 Å². The van der Waals surface area contributed by atoms with E-state index in [1.165, 1.54) is 6.20 Å². The number of aromatic carboxylic acids is 1. The average molecular weight is 307 g/mol. The number of anilines is 2. The standard InChI is InChI=1S/C14H11ClN2O2S/c15-8-2-1-3-9(4-8)17-13-12-7-20-6-11(12)10(5-16-13)14(18)19/h1-5H,6-7H2,(H,16,17)(H,18,19). The van der Waals surface area contributed by atoms with E-state index in [0.717, 1.165) is 22.6 Å². The highest BCUT2D eigenvalue weighted by molar-refractivity contribution is 7.98. The van der Waals surface area contributed by atoms with Gasteiger partial charge in [-0.05, 0) is 23.8 Å². The van der Waals surface area contributed by atoms with Crippen molar-refractivity contribution in [1.29, 1.82) is 0 Å². The zero-order chi connectivity index (χ0) is 14.1. The zero-order valence-electron chi connectivity index (χ0n) is 10.4. The number of carbonyl (C=O) groups is 1. The molecule has 0 aliphatic carbocycles. The van der Waals surface area contributed by atoms with Crippen LogP contribution in [-0.4, -0.2) is 16.1 Å². The largest absolute Gasteiger partial charge is 0.478 e. The Labute approximate surface area is 125 Å². The van der Waals surface area contributed by atoms with Crippen LogP contribution in [0.25, 0.3) is 0 Å². The first kappa shape index (κ1) is 13.3. The minimum atomic E-state index is -0.925. The zero-order valence-corrected chi connectivity index (χ0v) is 12.0. The predicted molar refractivity (Wildman–Crippen MR) is 80.9 cm³/mol. The maximum atomic E-state index is 11.2. The highest BCUT2D eigenvalue weighted by Crippen LogP contribution is 2.37. The van der Waals surface area contributed by atoms with Crippen molar-refractivity contribution in [3.8, 4) is 0 Å². The molecule has 0 unspecified atom stereocenters. The van der Waals surface area contributed by atoms with Gasteiger partial charge in [0, 0.05) is 34.0 Å². The van der Waals surface area contributed by atoms with Crippen LogP contribution in [0, 0.1) is 0 Å². The summed E-state index contributed by atoms with van der Waals surface area (Å²) in [6, 6.07) is 7.36. The Balaban J connectivity index is 1.99. The third kappa shape index (κ3) is 2.46. The number of pyridine rings is 1. The molecule has 0 amide bonds. The summed E-state index contributed by atoms with van der Waals surface area (Å²) in [5, 5.41) is 13.0. The van der Waals surface area contributed by atoms with Crippen molar-refractivity contribution in [3.63, 3.8) is 0 Å². The smallest absolute Gasteiger partial charge is 0.337 e. The van der Waals surface area contributed by atoms with Crippen LogP contribution < -0.4 is 5.32 Å². The molecule has 0 saturated heterocycles. The van der Waals surface area contributed by atoms with Gasteiger partial charge in [0.25, 0.3) is 0 Å². The monoisotopic (exact) mass is 306 g/mol. The fraction of sp³-hybridized carbons (Fsp3) is 0.143. The molecule has 2 N–H and O–H groups in total. The highest BCUT2D eigenvalue weighted by Gasteiger charge is 2.23. The Morgan fingerprint density at radius 1 is 1.35 bits per heavy atom. The molecule has 2 aromatic rings. The number of aromatic nitrogens is 1. The maximum absolute atomic E-state index is 11.2. The Bertz CT molecular complexity index is 691. The first-order valence-corrected chi connectivity index (χ1v) is 7.53. The third-order valence-corrected chi connectivity index (χ3v) is 4.33. The van der Waals surface area contributed by atoms with Crippen molar-refractivity contribution in [3.05, 3.63) is 52.2 Å². The van der Waals surface area contributed by atoms with Crippen LogP contribution in [0.5, 0.6) is 0 Å². The highest BCUT2D eigenvalue weighted by atomic mass is 35.5. The van der Waals surface area contributed by atoms with E-state index >= 15 is 0 Å². The van der Waals surface area contributed by atoms with E-state index in [-0.39, 0.29) is 0 Å². The van der Waals surface area contributed by atoms with E-state index in [1.807, 2.05) is 18.2 Å². The lowest BCUT2D eigenvalue weighted by atomic mass is 10.1. The van der Waals surface area contributed by atoms with Crippen molar-refractivity contribution in [2.45, 2.75) is 11.5 Å². The summed E-state index contributed by atoms with van der Waals surface area (Å²) in [4.78, 5) is 15.4. The minimum Gasteiger partial charge on any atom is -0.478 e. The van der Waals surface area contributed by atoms with E-state index in [1.54, 1.807) is 17.8 Å². The first-order chi connectivity index (χ1) is 9.65. The molecule has 6 heteroatoms. The number of rotatable bonds is 3. The number of fused-ring (bicyclic) bond motifs is 1. The predicted octanol–water partition coefficient (Wildman–Crippen LogP) is 3.92. The van der Waals surface area contributed by atoms with Gasteiger partial charge in [0.2, 0.25) is 0 Å². The summed E-state index contributed by atoms with van der Waals surface area (Å²) in [5.74, 6) is 1.26. The van der Waals surface area contributed by atoms with E-state index < -0.39 is 5.97 Å². The van der Waals surface area contributed by atoms with E-state index in [9.17, 15) is 9.90 Å². The summed E-state index contributed by atoms with van der Waals surface area (Å²) in [6.45, 7) is 0. The second kappa shape index (κ2) is 5.34. The third-order valence-electron chi connectivity index (χ3n) is 3.11. The molecule has 1 aliphatic rings. The van der Waals surface area contributed by atoms with Crippen LogP contribution in [-0.2, 0) is 11.5 Å². The summed E-state index contributed by atoms with van der Waals surface area (Å²) < 4.78 is 0. The number of carboxylic acid groups (broad SMARTS) is 1. The van der Waals surface area contributed by atoms with Gasteiger partial charge in [0.15, 0.2) is 0 Å². The average Bonchev–Trinajstić information content (AvgIpc) is 2.88. The first-order valence-electron chi connectivity index (χ1n) is 5.99. The van der Waals surface area contributed by atoms with Gasteiger partial charge in [-0.3, -0.25) is 0 Å². The second-order valence-corrected chi connectivity index (χ2v) is 5.83. The van der Waals surface area contributed by atoms with Gasteiger partial charge in [0.05, 0.1) is 5.56 Å². The van der Waals surface area contributed by atoms with Crippen molar-refractivity contribution >= 4 is 40.8 Å². The SMILES string of the molecule is O=C(O)c1cnc(Nc2cccc(Cl)c2)c2c1CSC2. The maximum Gasteiger partial charge on any atom is 0.337 e. The number of hydrogen-bond acceptors (Lipinski definition) is 4. The minimum absolute atomic E-state index is 0.293. The van der Waals surface area contributed by atoms with Gasteiger partial charge in [-0.2, -0.15) is 11.8 Å². The summed E-state index contributed by atoms with van der Waals surface area (Å²) in [7, 11) is 0. The molecule has 1 aromatic heterocycles. The number of hydrogen-bond donors (Lipinski definition) is 2. The number of carboxylic acids is 1. The molecular formula is C14H11ClN2O2S. The fourth-order valence-electron chi connectivity index (χ4n) is 2.16. The van der Waals surface area contributed by atoms with Gasteiger partial charge in [-0.15, -0.1) is 0 Å². The van der Waals surface area contributed by atoms with Crippen molar-refractivity contribution in [2.24, 2.45) is 0 Å². The molecule has 3 rings (SSSR count). The summed E-state index contributed by atoms with van der Waals surface area (Å²) in [5.41, 5.74) is 2.96. The molecule has 0 atom stereocenters. The molecule has 4 nitrogen and oxygen atoms in total. The normalized spacial score (nSPS) is 13.1. The van der Waals surface area contributed by atoms with E-state index in [2.05, 4.69) is 10.3 Å². The number of thioether (sulfide) groups is 1. The van der Waals surface area contributed by atoms with Gasteiger partial charge in [-0.1, -0.05) is 17.7 Å². The molecule has 0 saturated carbocycles. The number of nitrogens with zero attached hydrogens (tertiary/aromatic N) is 1. The lowest BCUT2D eigenvalue weighted by Gasteiger charge is -2.11. The molecule has 0 bridgehead atoms. The molecule has 0 spiro atoms. The van der Waals surface area contributed by atoms with Crippen molar-refractivity contribution in [2.75, 3.05) is 5.32 Å². The Morgan fingerprint density at radius 2 is 2.15 bits per heavy atom. The lowest BCUT2D eigenvalue weighted by molar-refractivity contribution is 0.0695. The summed E-state index contributed by atoms with van der Waals surface area (Å²) >= 11 is 7.65. The van der Waals surface area contributed by atoms with Crippen LogP contribution in [0.1, 0.15) is 21.5 Å². The van der Waals surface area contributed by atoms with Gasteiger partial charge >= 0.3 is 5.97 Å². The molecule has 0 fully saturated rings. The Morgan fingerprint density at radius 3 is 2.90 bits per heavy atom. The quantitative estimate of drug-likeness (QED) is 0.900. The van der Waals surface area contributed by atoms with Gasteiger partial charge in [0.1, 0.15) is 5.82 Å². The van der Waals surface area contributed by atoms with Gasteiger partial charge in [-0.25, -0.2) is 9.78 Å². The molecule has 20 heavy (non-hydrogen) atoms. The van der Waals surface area contributed by atoms with Crippen molar-refractivity contribution < 1.29 is 9.90 Å². The molecule has 1 aromatic carbocycles. The Kier molecular flexibility index (Phi) is 3.54. The number of benzene rings is 1. The number of nitrogens with one attached hydrogen (secondary N) is 1. The van der Waals surface area contributed by atoms with Crippen molar-refractivity contribution in [1.82, 2.24) is 4.98 Å². The van der Waals surface area contributed by atoms with Crippen LogP contribution in [0.15, 0.2) is 30.5 Å². The lowest BCUT2D eigenvalue weighted by Crippen LogP contribution is -2.06. The van der Waals surface area contributed by atoms with Gasteiger partial charge < -0.3 is 10.4 Å². The van der Waals surface area contributed by atoms with Crippen LogP contribution in [0.3, 0.4) is 0 Å². The topological polar surface area (TPSA) is 62.2 Å². The van der Waals surface area contributed by atoms with Crippen LogP contribution >= 0.6 is 23.4 Å². The van der Waals surface area contributed by atoms with E-state index in [0.29, 0.717) is 22.2 Å². The number of halogens is 1. The molecule has 0 radical (unpaired) electrons. The van der Waals surface area contributed by atoms with Crippen LogP contribution in [0.2, 0.25) is 5.02 Å². The fourth-order valence-corrected chi connectivity index (χ4v) is 3.50.